The van der Waals surface area contributed by atoms with Gasteiger partial charge in [0.2, 0.25) is 5.91 Å². The van der Waals surface area contributed by atoms with Crippen LogP contribution in [0.25, 0.3) is 0 Å². The smallest absolute Gasteiger partial charge is 0.226 e. The van der Waals surface area contributed by atoms with Crippen LogP contribution in [0, 0.1) is 0 Å². The molecule has 1 aromatic rings. The van der Waals surface area contributed by atoms with E-state index in [-0.39, 0.29) is 18.1 Å². The Labute approximate surface area is 124 Å². The van der Waals surface area contributed by atoms with E-state index in [9.17, 15) is 4.79 Å². The monoisotopic (exact) mass is 294 g/mol. The van der Waals surface area contributed by atoms with Gasteiger partial charge in [-0.05, 0) is 24.3 Å². The number of nitrogens with two attached hydrogens (primary N) is 1. The first-order valence-electron chi connectivity index (χ1n) is 6.95. The normalized spacial score (nSPS) is 21.5. The van der Waals surface area contributed by atoms with E-state index in [1.807, 2.05) is 0 Å². The number of methoxy groups -OCH3 is 2. The Morgan fingerprint density at radius 1 is 1.19 bits per heavy atom. The summed E-state index contributed by atoms with van der Waals surface area (Å²) in [6.45, 7) is 1.47. The third-order valence-electron chi connectivity index (χ3n) is 3.64. The minimum Gasteiger partial charge on any atom is -0.493 e. The van der Waals surface area contributed by atoms with Crippen molar-refractivity contribution in [3.63, 3.8) is 0 Å². The molecule has 1 aliphatic heterocycles. The molecule has 0 spiro atoms. The van der Waals surface area contributed by atoms with Crippen molar-refractivity contribution in [1.82, 2.24) is 4.90 Å². The summed E-state index contributed by atoms with van der Waals surface area (Å²) in [7, 11) is 3.27. The average Bonchev–Trinajstić information content (AvgIpc) is 2.92. The number of benzene rings is 1. The highest BCUT2D eigenvalue weighted by molar-refractivity contribution is 5.76. The Kier molecular flexibility index (Phi) is 5.41. The Hall–Kier alpha value is -1.79. The van der Waals surface area contributed by atoms with E-state index in [1.54, 1.807) is 43.4 Å². The van der Waals surface area contributed by atoms with Crippen molar-refractivity contribution in [3.8, 4) is 5.75 Å². The van der Waals surface area contributed by atoms with Gasteiger partial charge in [-0.15, -0.1) is 0 Å². The Morgan fingerprint density at radius 3 is 2.29 bits per heavy atom. The van der Waals surface area contributed by atoms with Gasteiger partial charge >= 0.3 is 0 Å². The topological polar surface area (TPSA) is 74.0 Å². The molecule has 2 rings (SSSR count). The van der Waals surface area contributed by atoms with Crippen molar-refractivity contribution in [3.05, 3.63) is 24.3 Å². The lowest BCUT2D eigenvalue weighted by atomic mass is 10.3. The van der Waals surface area contributed by atoms with Crippen LogP contribution < -0.4 is 10.5 Å². The second-order valence-electron chi connectivity index (χ2n) is 5.01. The first-order chi connectivity index (χ1) is 10.1. The molecule has 2 unspecified atom stereocenters. The van der Waals surface area contributed by atoms with Gasteiger partial charge in [0.05, 0.1) is 13.0 Å². The van der Waals surface area contributed by atoms with Crippen LogP contribution >= 0.6 is 0 Å². The number of nitrogens with zero attached hydrogens (tertiary/aromatic N) is 1. The van der Waals surface area contributed by atoms with E-state index in [1.165, 1.54) is 0 Å². The minimum atomic E-state index is -0.0584. The van der Waals surface area contributed by atoms with Gasteiger partial charge in [0, 0.05) is 33.0 Å². The lowest BCUT2D eigenvalue weighted by Crippen LogP contribution is -2.31. The fourth-order valence-corrected chi connectivity index (χ4v) is 2.38. The summed E-state index contributed by atoms with van der Waals surface area (Å²) in [4.78, 5) is 13.9. The van der Waals surface area contributed by atoms with Crippen molar-refractivity contribution < 1.29 is 19.0 Å². The lowest BCUT2D eigenvalue weighted by Gasteiger charge is -2.16. The van der Waals surface area contributed by atoms with Gasteiger partial charge in [0.25, 0.3) is 0 Å². The molecule has 6 heteroatoms. The zero-order valence-electron chi connectivity index (χ0n) is 12.5. The number of ether oxygens (including phenoxy) is 3. The van der Waals surface area contributed by atoms with Crippen molar-refractivity contribution in [2.45, 2.75) is 18.6 Å². The number of nitrogen functional groups attached to an aromatic ring is 1. The molecule has 0 bridgehead atoms. The highest BCUT2D eigenvalue weighted by atomic mass is 16.5. The molecule has 116 valence electrons. The third-order valence-corrected chi connectivity index (χ3v) is 3.64. The Morgan fingerprint density at radius 2 is 1.76 bits per heavy atom. The highest BCUT2D eigenvalue weighted by Gasteiger charge is 2.35. The summed E-state index contributed by atoms with van der Waals surface area (Å²) in [6.07, 6.45) is 0.214. The maximum Gasteiger partial charge on any atom is 0.226 e. The first kappa shape index (κ1) is 15.6. The Bertz CT molecular complexity index is 451. The van der Waals surface area contributed by atoms with E-state index >= 15 is 0 Å². The number of carbonyl (C=O) groups excluding carboxylic acids is 1. The molecule has 1 heterocycles. The molecule has 0 aromatic heterocycles. The second kappa shape index (κ2) is 7.28. The molecule has 2 N–H and O–H groups in total. The predicted molar refractivity (Wildman–Crippen MR) is 79.1 cm³/mol. The fourth-order valence-electron chi connectivity index (χ4n) is 2.38. The van der Waals surface area contributed by atoms with Crippen molar-refractivity contribution in [2.75, 3.05) is 39.6 Å². The summed E-state index contributed by atoms with van der Waals surface area (Å²) < 4.78 is 16.2. The van der Waals surface area contributed by atoms with Crippen molar-refractivity contribution in [1.29, 1.82) is 0 Å². The molecule has 21 heavy (non-hydrogen) atoms. The molecule has 0 saturated carbocycles. The van der Waals surface area contributed by atoms with Crippen molar-refractivity contribution >= 4 is 11.6 Å². The molecule has 1 fully saturated rings. The molecule has 0 radical (unpaired) electrons. The van der Waals surface area contributed by atoms with E-state index in [0.717, 1.165) is 0 Å². The largest absolute Gasteiger partial charge is 0.493 e. The summed E-state index contributed by atoms with van der Waals surface area (Å²) >= 11 is 0. The number of hydrogen-bond acceptors (Lipinski definition) is 5. The summed E-state index contributed by atoms with van der Waals surface area (Å²) in [5.74, 6) is 0.759. The van der Waals surface area contributed by atoms with E-state index < -0.39 is 0 Å². The highest BCUT2D eigenvalue weighted by Crippen LogP contribution is 2.17. The van der Waals surface area contributed by atoms with Crippen molar-refractivity contribution in [2.24, 2.45) is 0 Å². The molecular weight excluding hydrogens is 272 g/mol. The van der Waals surface area contributed by atoms with Crippen LogP contribution in [0.3, 0.4) is 0 Å². The van der Waals surface area contributed by atoms with Crippen LogP contribution in [0.15, 0.2) is 24.3 Å². The van der Waals surface area contributed by atoms with Gasteiger partial charge in [0.1, 0.15) is 18.0 Å². The molecule has 1 aliphatic rings. The van der Waals surface area contributed by atoms with E-state index in [2.05, 4.69) is 0 Å². The molecule has 0 aliphatic carbocycles. The SMILES string of the molecule is COC1CN(C(=O)CCOc2ccc(N)cc2)CC1OC. The maximum atomic E-state index is 12.1. The number of rotatable bonds is 6. The molecule has 1 saturated heterocycles. The molecular formula is C15H22N2O4. The first-order valence-corrected chi connectivity index (χ1v) is 6.95. The van der Waals surface area contributed by atoms with Gasteiger partial charge in [-0.3, -0.25) is 4.79 Å². The molecule has 6 nitrogen and oxygen atoms in total. The van der Waals surface area contributed by atoms with Crippen LogP contribution in [0.4, 0.5) is 5.69 Å². The quantitative estimate of drug-likeness (QED) is 0.789. The number of likely N-dealkylation sites (tertiary alicyclic amines) is 1. The standard InChI is InChI=1S/C15H22N2O4/c1-19-13-9-17(10-14(13)20-2)15(18)7-8-21-12-5-3-11(16)4-6-12/h3-6,13-14H,7-10,16H2,1-2H3. The average molecular weight is 294 g/mol. The number of carbonyl (C=O) groups is 1. The van der Waals surface area contributed by atoms with Crippen LogP contribution in [-0.4, -0.2) is 56.9 Å². The minimum absolute atomic E-state index is 0.0482. The van der Waals surface area contributed by atoms with E-state index in [4.69, 9.17) is 19.9 Å². The molecule has 1 amide bonds. The van der Waals surface area contributed by atoms with Crippen LogP contribution in [0.1, 0.15) is 6.42 Å². The van der Waals surface area contributed by atoms with Gasteiger partial charge < -0.3 is 24.8 Å². The fraction of sp³-hybridized carbons (Fsp3) is 0.533. The summed E-state index contributed by atoms with van der Waals surface area (Å²) in [5, 5.41) is 0. The van der Waals surface area contributed by atoms with Crippen LogP contribution in [0.5, 0.6) is 5.75 Å². The summed E-state index contributed by atoms with van der Waals surface area (Å²) in [6, 6.07) is 7.11. The lowest BCUT2D eigenvalue weighted by molar-refractivity contribution is -0.131. The molecule has 2 atom stereocenters. The van der Waals surface area contributed by atoms with Gasteiger partial charge in [-0.1, -0.05) is 0 Å². The van der Waals surface area contributed by atoms with Crippen LogP contribution in [0.2, 0.25) is 0 Å². The number of amides is 1. The zero-order valence-corrected chi connectivity index (χ0v) is 12.5. The number of anilines is 1. The summed E-state index contributed by atoms with van der Waals surface area (Å²) in [5.41, 5.74) is 6.29. The zero-order chi connectivity index (χ0) is 15.2. The van der Waals surface area contributed by atoms with E-state index in [0.29, 0.717) is 37.6 Å². The van der Waals surface area contributed by atoms with Crippen LogP contribution in [-0.2, 0) is 14.3 Å². The number of hydrogen-bond donors (Lipinski definition) is 1. The van der Waals surface area contributed by atoms with Gasteiger partial charge in [-0.25, -0.2) is 0 Å². The van der Waals surface area contributed by atoms with Gasteiger partial charge in [0.15, 0.2) is 0 Å². The maximum absolute atomic E-state index is 12.1. The third kappa shape index (κ3) is 4.09. The Balaban J connectivity index is 1.76. The predicted octanol–water partition coefficient (Wildman–Crippen LogP) is 0.910. The second-order valence-corrected chi connectivity index (χ2v) is 5.01. The molecule has 1 aromatic carbocycles. The van der Waals surface area contributed by atoms with Gasteiger partial charge in [-0.2, -0.15) is 0 Å².